The number of aromatic nitrogens is 2. The van der Waals surface area contributed by atoms with Crippen molar-refractivity contribution in [1.29, 1.82) is 0 Å². The summed E-state index contributed by atoms with van der Waals surface area (Å²) in [5, 5.41) is 0. The van der Waals surface area contributed by atoms with Crippen molar-refractivity contribution in [3.8, 4) is 17.2 Å². The van der Waals surface area contributed by atoms with E-state index in [4.69, 9.17) is 30.4 Å². The molecule has 26 heavy (non-hydrogen) atoms. The minimum Gasteiger partial charge on any atom is -0.493 e. The topological polar surface area (TPSA) is 115 Å². The minimum atomic E-state index is 0.149. The standard InChI is InChI=1S/C18H26N4O4/c1-4-5-25-6-7-26-16-14(23-2)9-12(10-15(16)24-3)8-13-11-21-18(20)22-17(13)19/h9-11H,4-8H2,1-3H3,(H4,19,20,21,22). The zero-order valence-corrected chi connectivity index (χ0v) is 15.4. The lowest BCUT2D eigenvalue weighted by Crippen LogP contribution is -2.09. The number of rotatable bonds is 10. The summed E-state index contributed by atoms with van der Waals surface area (Å²) in [4.78, 5) is 7.97. The van der Waals surface area contributed by atoms with Gasteiger partial charge in [-0.25, -0.2) is 4.98 Å². The second kappa shape index (κ2) is 9.67. The number of hydrogen-bond donors (Lipinski definition) is 2. The molecule has 0 radical (unpaired) electrons. The first-order valence-corrected chi connectivity index (χ1v) is 8.41. The van der Waals surface area contributed by atoms with E-state index < -0.39 is 0 Å². The van der Waals surface area contributed by atoms with Crippen molar-refractivity contribution >= 4 is 11.8 Å². The molecule has 0 aliphatic rings. The molecule has 0 spiro atoms. The lowest BCUT2D eigenvalue weighted by molar-refractivity contribution is 0.0983. The molecule has 1 aromatic carbocycles. The summed E-state index contributed by atoms with van der Waals surface area (Å²) in [5.41, 5.74) is 13.1. The fraction of sp³-hybridized carbons (Fsp3) is 0.444. The molecule has 0 aliphatic heterocycles. The fourth-order valence-electron chi connectivity index (χ4n) is 2.42. The van der Waals surface area contributed by atoms with Gasteiger partial charge in [0.05, 0.1) is 20.8 Å². The van der Waals surface area contributed by atoms with Crippen LogP contribution in [0.4, 0.5) is 11.8 Å². The summed E-state index contributed by atoms with van der Waals surface area (Å²) in [7, 11) is 3.17. The molecular weight excluding hydrogens is 336 g/mol. The quantitative estimate of drug-likeness (QED) is 0.617. The molecule has 0 amide bonds. The Kier molecular flexibility index (Phi) is 7.28. The van der Waals surface area contributed by atoms with Gasteiger partial charge in [-0.15, -0.1) is 0 Å². The van der Waals surface area contributed by atoms with Crippen molar-refractivity contribution in [3.63, 3.8) is 0 Å². The highest BCUT2D eigenvalue weighted by Crippen LogP contribution is 2.39. The number of methoxy groups -OCH3 is 2. The number of anilines is 2. The van der Waals surface area contributed by atoms with E-state index in [2.05, 4.69) is 16.9 Å². The number of ether oxygens (including phenoxy) is 4. The van der Waals surface area contributed by atoms with Gasteiger partial charge in [0.2, 0.25) is 11.7 Å². The number of benzene rings is 1. The summed E-state index contributed by atoms with van der Waals surface area (Å²) in [6.07, 6.45) is 3.10. The third-order valence-electron chi connectivity index (χ3n) is 3.65. The molecule has 2 rings (SSSR count). The van der Waals surface area contributed by atoms with Gasteiger partial charge in [-0.1, -0.05) is 6.92 Å². The molecule has 8 heteroatoms. The van der Waals surface area contributed by atoms with Crippen LogP contribution in [0.5, 0.6) is 17.2 Å². The number of hydrogen-bond acceptors (Lipinski definition) is 8. The van der Waals surface area contributed by atoms with Gasteiger partial charge in [-0.3, -0.25) is 0 Å². The molecule has 2 aromatic rings. The molecule has 0 saturated carbocycles. The van der Waals surface area contributed by atoms with Crippen LogP contribution in [0.2, 0.25) is 0 Å². The average molecular weight is 362 g/mol. The van der Waals surface area contributed by atoms with Crippen molar-refractivity contribution in [1.82, 2.24) is 9.97 Å². The zero-order valence-electron chi connectivity index (χ0n) is 15.4. The lowest BCUT2D eigenvalue weighted by atomic mass is 10.1. The van der Waals surface area contributed by atoms with E-state index in [1.165, 1.54) is 0 Å². The van der Waals surface area contributed by atoms with Gasteiger partial charge < -0.3 is 30.4 Å². The Bertz CT molecular complexity index is 699. The smallest absolute Gasteiger partial charge is 0.221 e. The van der Waals surface area contributed by atoms with Gasteiger partial charge in [0.1, 0.15) is 12.4 Å². The largest absolute Gasteiger partial charge is 0.493 e. The highest BCUT2D eigenvalue weighted by Gasteiger charge is 2.15. The van der Waals surface area contributed by atoms with Gasteiger partial charge in [-0.05, 0) is 24.1 Å². The van der Waals surface area contributed by atoms with E-state index in [1.54, 1.807) is 20.4 Å². The number of nitrogen functional groups attached to an aromatic ring is 2. The van der Waals surface area contributed by atoms with Gasteiger partial charge in [0.15, 0.2) is 11.5 Å². The third kappa shape index (κ3) is 5.13. The normalized spacial score (nSPS) is 10.6. The molecule has 142 valence electrons. The Morgan fingerprint density at radius 1 is 1.00 bits per heavy atom. The summed E-state index contributed by atoms with van der Waals surface area (Å²) < 4.78 is 22.2. The van der Waals surface area contributed by atoms with Gasteiger partial charge in [0.25, 0.3) is 0 Å². The maximum absolute atomic E-state index is 5.91. The monoisotopic (exact) mass is 362 g/mol. The van der Waals surface area contributed by atoms with Crippen LogP contribution in [-0.2, 0) is 11.2 Å². The van der Waals surface area contributed by atoms with E-state index in [0.717, 1.165) is 17.5 Å². The fourth-order valence-corrected chi connectivity index (χ4v) is 2.42. The van der Waals surface area contributed by atoms with Crippen molar-refractivity contribution in [2.45, 2.75) is 19.8 Å². The van der Waals surface area contributed by atoms with E-state index in [0.29, 0.717) is 49.3 Å². The Hall–Kier alpha value is -2.74. The van der Waals surface area contributed by atoms with Crippen LogP contribution in [0.15, 0.2) is 18.3 Å². The van der Waals surface area contributed by atoms with Crippen LogP contribution in [0.1, 0.15) is 24.5 Å². The Morgan fingerprint density at radius 3 is 2.27 bits per heavy atom. The molecule has 4 N–H and O–H groups in total. The third-order valence-corrected chi connectivity index (χ3v) is 3.65. The Labute approximate surface area is 153 Å². The summed E-state index contributed by atoms with van der Waals surface area (Å²) in [5.74, 6) is 2.19. The van der Waals surface area contributed by atoms with Gasteiger partial charge in [0, 0.05) is 24.8 Å². The molecule has 0 fully saturated rings. The number of nitrogens with two attached hydrogens (primary N) is 2. The molecule has 0 unspecified atom stereocenters. The van der Waals surface area contributed by atoms with Crippen molar-refractivity contribution < 1.29 is 18.9 Å². The van der Waals surface area contributed by atoms with E-state index in [-0.39, 0.29) is 5.95 Å². The minimum absolute atomic E-state index is 0.149. The van der Waals surface area contributed by atoms with Crippen LogP contribution < -0.4 is 25.7 Å². The van der Waals surface area contributed by atoms with E-state index in [9.17, 15) is 0 Å². The van der Waals surface area contributed by atoms with Crippen LogP contribution >= 0.6 is 0 Å². The van der Waals surface area contributed by atoms with E-state index >= 15 is 0 Å². The van der Waals surface area contributed by atoms with Crippen LogP contribution in [0.25, 0.3) is 0 Å². The van der Waals surface area contributed by atoms with Gasteiger partial charge in [-0.2, -0.15) is 4.98 Å². The molecule has 0 atom stereocenters. The van der Waals surface area contributed by atoms with Crippen LogP contribution in [0, 0.1) is 0 Å². The molecule has 0 saturated heterocycles. The Balaban J connectivity index is 2.18. The van der Waals surface area contributed by atoms with Crippen molar-refractivity contribution in [2.24, 2.45) is 0 Å². The second-order valence-corrected chi connectivity index (χ2v) is 5.61. The highest BCUT2D eigenvalue weighted by molar-refractivity contribution is 5.55. The molecule has 8 nitrogen and oxygen atoms in total. The molecule has 1 heterocycles. The van der Waals surface area contributed by atoms with Crippen LogP contribution in [-0.4, -0.2) is 44.0 Å². The predicted octanol–water partition coefficient (Wildman–Crippen LogP) is 2.05. The van der Waals surface area contributed by atoms with Crippen molar-refractivity contribution in [2.75, 3.05) is 45.5 Å². The highest BCUT2D eigenvalue weighted by atomic mass is 16.6. The first-order valence-electron chi connectivity index (χ1n) is 8.41. The molecule has 1 aromatic heterocycles. The maximum atomic E-state index is 5.91. The van der Waals surface area contributed by atoms with Crippen molar-refractivity contribution in [3.05, 3.63) is 29.5 Å². The zero-order chi connectivity index (χ0) is 18.9. The maximum Gasteiger partial charge on any atom is 0.221 e. The summed E-state index contributed by atoms with van der Waals surface area (Å²) >= 11 is 0. The van der Waals surface area contributed by atoms with Gasteiger partial charge >= 0.3 is 0 Å². The summed E-state index contributed by atoms with van der Waals surface area (Å²) in [6.45, 7) is 3.68. The number of nitrogens with zero attached hydrogens (tertiary/aromatic N) is 2. The first-order chi connectivity index (χ1) is 12.6. The second-order valence-electron chi connectivity index (χ2n) is 5.61. The lowest BCUT2D eigenvalue weighted by Gasteiger charge is -2.16. The summed E-state index contributed by atoms with van der Waals surface area (Å²) in [6, 6.07) is 3.75. The average Bonchev–Trinajstić information content (AvgIpc) is 2.64. The SMILES string of the molecule is CCCOCCOc1c(OC)cc(Cc2cnc(N)nc2N)cc1OC. The van der Waals surface area contributed by atoms with E-state index in [1.807, 2.05) is 12.1 Å². The molecular formula is C18H26N4O4. The Morgan fingerprint density at radius 2 is 1.69 bits per heavy atom. The van der Waals surface area contributed by atoms with Crippen LogP contribution in [0.3, 0.4) is 0 Å². The molecule has 0 aliphatic carbocycles. The first kappa shape index (κ1) is 19.6. The molecule has 0 bridgehead atoms. The predicted molar refractivity (Wildman–Crippen MR) is 99.8 cm³/mol.